The number of methoxy groups -OCH3 is 1. The molecule has 0 aliphatic carbocycles. The second-order valence-corrected chi connectivity index (χ2v) is 5.56. The van der Waals surface area contributed by atoms with E-state index in [2.05, 4.69) is 25.8 Å². The first-order valence-electron chi connectivity index (χ1n) is 5.75. The van der Waals surface area contributed by atoms with Crippen LogP contribution in [0.4, 0.5) is 5.82 Å². The Balaban J connectivity index is 2.15. The molecular weight excluding hydrogens is 320 g/mol. The van der Waals surface area contributed by atoms with Gasteiger partial charge in [-0.1, -0.05) is 11.6 Å². The molecule has 0 saturated carbocycles. The Labute approximate surface area is 119 Å². The molecule has 4 nitrogen and oxygen atoms in total. The molecule has 0 radical (unpaired) electrons. The summed E-state index contributed by atoms with van der Waals surface area (Å²) in [5.74, 6) is 0.603. The van der Waals surface area contributed by atoms with Crippen molar-refractivity contribution in [3.8, 4) is 0 Å². The molecule has 0 bridgehead atoms. The van der Waals surface area contributed by atoms with E-state index in [0.29, 0.717) is 11.6 Å². The topological polar surface area (TPSA) is 42.4 Å². The molecule has 0 spiro atoms. The van der Waals surface area contributed by atoms with Gasteiger partial charge in [0.2, 0.25) is 0 Å². The molecule has 1 aromatic heterocycles. The lowest BCUT2D eigenvalue weighted by Crippen LogP contribution is -2.39. The van der Waals surface area contributed by atoms with Crippen LogP contribution in [0.2, 0.25) is 5.02 Å². The summed E-state index contributed by atoms with van der Waals surface area (Å²) >= 11 is 9.32. The number of carbonyl (C=O) groups excluding carboxylic acids is 1. The van der Waals surface area contributed by atoms with Crippen LogP contribution in [0.5, 0.6) is 0 Å². The van der Waals surface area contributed by atoms with E-state index in [0.717, 1.165) is 29.7 Å². The number of hydrogen-bond acceptors (Lipinski definition) is 4. The maximum absolute atomic E-state index is 11.6. The van der Waals surface area contributed by atoms with Crippen molar-refractivity contribution in [2.75, 3.05) is 25.1 Å². The van der Waals surface area contributed by atoms with E-state index in [9.17, 15) is 4.79 Å². The number of anilines is 1. The molecule has 1 aliphatic heterocycles. The fourth-order valence-electron chi connectivity index (χ4n) is 2.17. The summed E-state index contributed by atoms with van der Waals surface area (Å²) in [6, 6.07) is 1.81. The molecule has 2 rings (SSSR count). The van der Waals surface area contributed by atoms with E-state index in [1.807, 2.05) is 6.07 Å². The average molecular weight is 334 g/mol. The maximum Gasteiger partial charge on any atom is 0.310 e. The molecule has 1 fully saturated rings. The predicted octanol–water partition coefficient (Wildman–Crippen LogP) is 2.89. The summed E-state index contributed by atoms with van der Waals surface area (Å²) in [4.78, 5) is 18.0. The van der Waals surface area contributed by atoms with Crippen molar-refractivity contribution in [3.63, 3.8) is 0 Å². The van der Waals surface area contributed by atoms with Crippen LogP contribution in [0.25, 0.3) is 0 Å². The molecule has 1 aromatic rings. The zero-order valence-corrected chi connectivity index (χ0v) is 12.4. The first kappa shape index (κ1) is 13.6. The minimum atomic E-state index is -0.148. The standard InChI is InChI=1S/C12H14BrClN2O2/c1-18-12(17)8-3-2-4-16(7-8)11-10(13)5-9(14)6-15-11/h5-6,8H,2-4,7H2,1H3. The highest BCUT2D eigenvalue weighted by Gasteiger charge is 2.27. The van der Waals surface area contributed by atoms with E-state index in [4.69, 9.17) is 16.3 Å². The molecule has 98 valence electrons. The first-order valence-corrected chi connectivity index (χ1v) is 6.92. The van der Waals surface area contributed by atoms with Gasteiger partial charge in [0.25, 0.3) is 0 Å². The Morgan fingerprint density at radius 2 is 2.44 bits per heavy atom. The number of carbonyl (C=O) groups is 1. The summed E-state index contributed by atoms with van der Waals surface area (Å²) in [5, 5.41) is 0.590. The molecule has 0 amide bonds. The lowest BCUT2D eigenvalue weighted by molar-refractivity contribution is -0.145. The number of esters is 1. The van der Waals surface area contributed by atoms with Gasteiger partial charge in [-0.05, 0) is 34.8 Å². The van der Waals surface area contributed by atoms with Crippen molar-refractivity contribution in [2.24, 2.45) is 5.92 Å². The fraction of sp³-hybridized carbons (Fsp3) is 0.500. The quantitative estimate of drug-likeness (QED) is 0.781. The van der Waals surface area contributed by atoms with Crippen LogP contribution < -0.4 is 4.90 Å². The lowest BCUT2D eigenvalue weighted by Gasteiger charge is -2.32. The van der Waals surface area contributed by atoms with Gasteiger partial charge in [0.1, 0.15) is 5.82 Å². The zero-order chi connectivity index (χ0) is 13.1. The van der Waals surface area contributed by atoms with Gasteiger partial charge in [-0.2, -0.15) is 0 Å². The highest BCUT2D eigenvalue weighted by Crippen LogP contribution is 2.30. The molecule has 18 heavy (non-hydrogen) atoms. The van der Waals surface area contributed by atoms with Gasteiger partial charge in [0, 0.05) is 19.3 Å². The van der Waals surface area contributed by atoms with Crippen molar-refractivity contribution in [2.45, 2.75) is 12.8 Å². The van der Waals surface area contributed by atoms with Crippen LogP contribution in [0, 0.1) is 5.92 Å². The van der Waals surface area contributed by atoms with Crippen LogP contribution >= 0.6 is 27.5 Å². The second-order valence-electron chi connectivity index (χ2n) is 4.27. The van der Waals surface area contributed by atoms with Crippen LogP contribution in [0.3, 0.4) is 0 Å². The Kier molecular flexibility index (Phi) is 4.45. The number of ether oxygens (including phenoxy) is 1. The van der Waals surface area contributed by atoms with E-state index in [1.165, 1.54) is 7.11 Å². The third-order valence-corrected chi connectivity index (χ3v) is 3.83. The Morgan fingerprint density at radius 1 is 1.67 bits per heavy atom. The van der Waals surface area contributed by atoms with Gasteiger partial charge in [-0.15, -0.1) is 0 Å². The van der Waals surface area contributed by atoms with Gasteiger partial charge in [-0.25, -0.2) is 4.98 Å². The molecular formula is C12H14BrClN2O2. The van der Waals surface area contributed by atoms with Gasteiger partial charge in [0.05, 0.1) is 22.5 Å². The van der Waals surface area contributed by atoms with E-state index >= 15 is 0 Å². The molecule has 2 heterocycles. The number of hydrogen-bond donors (Lipinski definition) is 0. The summed E-state index contributed by atoms with van der Waals surface area (Å²) in [6.07, 6.45) is 3.44. The molecule has 0 N–H and O–H groups in total. The lowest BCUT2D eigenvalue weighted by atomic mass is 9.98. The van der Waals surface area contributed by atoms with Crippen LogP contribution in [0.1, 0.15) is 12.8 Å². The minimum Gasteiger partial charge on any atom is -0.469 e. The number of nitrogens with zero attached hydrogens (tertiary/aromatic N) is 2. The zero-order valence-electron chi connectivity index (χ0n) is 10.0. The van der Waals surface area contributed by atoms with Crippen LogP contribution in [0.15, 0.2) is 16.7 Å². The number of pyridine rings is 1. The fourth-order valence-corrected chi connectivity index (χ4v) is 3.06. The van der Waals surface area contributed by atoms with Crippen molar-refractivity contribution in [1.29, 1.82) is 0 Å². The summed E-state index contributed by atoms with van der Waals surface area (Å²) in [7, 11) is 1.43. The Bertz CT molecular complexity index is 456. The average Bonchev–Trinajstić information content (AvgIpc) is 2.38. The van der Waals surface area contributed by atoms with Gasteiger partial charge < -0.3 is 9.64 Å². The number of halogens is 2. The smallest absolute Gasteiger partial charge is 0.310 e. The Hall–Kier alpha value is -0.810. The van der Waals surface area contributed by atoms with Crippen molar-refractivity contribution in [3.05, 3.63) is 21.8 Å². The van der Waals surface area contributed by atoms with Crippen LogP contribution in [-0.2, 0) is 9.53 Å². The third kappa shape index (κ3) is 2.95. The number of rotatable bonds is 2. The summed E-state index contributed by atoms with van der Waals surface area (Å²) in [6.45, 7) is 1.53. The second kappa shape index (κ2) is 5.89. The van der Waals surface area contributed by atoms with Gasteiger partial charge >= 0.3 is 5.97 Å². The van der Waals surface area contributed by atoms with Gasteiger partial charge in [-0.3, -0.25) is 4.79 Å². The number of piperidine rings is 1. The summed E-state index contributed by atoms with van der Waals surface area (Å²) in [5.41, 5.74) is 0. The number of aromatic nitrogens is 1. The largest absolute Gasteiger partial charge is 0.469 e. The summed E-state index contributed by atoms with van der Waals surface area (Å²) < 4.78 is 5.65. The predicted molar refractivity (Wildman–Crippen MR) is 73.9 cm³/mol. The molecule has 0 aromatic carbocycles. The molecule has 1 unspecified atom stereocenters. The van der Waals surface area contributed by atoms with Crippen molar-refractivity contribution in [1.82, 2.24) is 4.98 Å². The van der Waals surface area contributed by atoms with Gasteiger partial charge in [0.15, 0.2) is 0 Å². The van der Waals surface area contributed by atoms with E-state index in [-0.39, 0.29) is 11.9 Å². The third-order valence-electron chi connectivity index (χ3n) is 3.04. The normalized spacial score (nSPS) is 19.7. The van der Waals surface area contributed by atoms with Crippen LogP contribution in [-0.4, -0.2) is 31.2 Å². The molecule has 1 atom stereocenters. The first-order chi connectivity index (χ1) is 8.61. The monoisotopic (exact) mass is 332 g/mol. The maximum atomic E-state index is 11.6. The molecule has 6 heteroatoms. The molecule has 1 aliphatic rings. The molecule has 1 saturated heterocycles. The minimum absolute atomic E-state index is 0.0758. The highest BCUT2D eigenvalue weighted by molar-refractivity contribution is 9.10. The Morgan fingerprint density at radius 3 is 3.11 bits per heavy atom. The highest BCUT2D eigenvalue weighted by atomic mass is 79.9. The van der Waals surface area contributed by atoms with Crippen molar-refractivity contribution >= 4 is 39.3 Å². The van der Waals surface area contributed by atoms with E-state index < -0.39 is 0 Å². The van der Waals surface area contributed by atoms with E-state index in [1.54, 1.807) is 6.20 Å². The van der Waals surface area contributed by atoms with Crippen molar-refractivity contribution < 1.29 is 9.53 Å². The SMILES string of the molecule is COC(=O)C1CCCN(c2ncc(Cl)cc2Br)C1.